The van der Waals surface area contributed by atoms with Gasteiger partial charge in [0.25, 0.3) is 11.7 Å². The van der Waals surface area contributed by atoms with Crippen LogP contribution < -0.4 is 4.74 Å². The topological polar surface area (TPSA) is 96.3 Å². The lowest BCUT2D eigenvalue weighted by atomic mass is 9.94. The van der Waals surface area contributed by atoms with Gasteiger partial charge in [0.2, 0.25) is 0 Å². The van der Waals surface area contributed by atoms with Gasteiger partial charge in [-0.1, -0.05) is 12.1 Å². The lowest BCUT2D eigenvalue weighted by Crippen LogP contribution is -2.31. The molecule has 0 aromatic heterocycles. The van der Waals surface area contributed by atoms with Gasteiger partial charge in [0.1, 0.15) is 17.3 Å². The minimum Gasteiger partial charge on any atom is -0.508 e. The van der Waals surface area contributed by atoms with Crippen LogP contribution in [-0.4, -0.2) is 54.2 Å². The Labute approximate surface area is 175 Å². The molecule has 1 amide bonds. The van der Waals surface area contributed by atoms with Crippen molar-refractivity contribution in [2.45, 2.75) is 19.4 Å². The number of phenols is 1. The number of ether oxygens (including phenoxy) is 2. The summed E-state index contributed by atoms with van der Waals surface area (Å²) in [6, 6.07) is 10.6. The molecular weight excluding hydrogens is 386 g/mol. The molecule has 7 heteroatoms. The normalized spacial score (nSPS) is 18.1. The number of likely N-dealkylation sites (tertiary alicyclic amines) is 1. The van der Waals surface area contributed by atoms with Gasteiger partial charge in [-0.05, 0) is 54.8 Å². The molecular formula is C23H25NO6. The molecule has 0 aliphatic carbocycles. The Balaban J connectivity index is 2.13. The zero-order chi connectivity index (χ0) is 21.8. The molecule has 0 radical (unpaired) electrons. The highest BCUT2D eigenvalue weighted by Crippen LogP contribution is 2.40. The number of aromatic hydroxyl groups is 1. The first-order valence-electron chi connectivity index (χ1n) is 9.60. The van der Waals surface area contributed by atoms with Gasteiger partial charge < -0.3 is 24.6 Å². The van der Waals surface area contributed by atoms with E-state index in [1.54, 1.807) is 51.5 Å². The first-order valence-corrected chi connectivity index (χ1v) is 9.60. The second kappa shape index (κ2) is 9.00. The van der Waals surface area contributed by atoms with Crippen molar-refractivity contribution in [2.24, 2.45) is 0 Å². The first-order chi connectivity index (χ1) is 14.4. The summed E-state index contributed by atoms with van der Waals surface area (Å²) in [4.78, 5) is 27.2. The summed E-state index contributed by atoms with van der Waals surface area (Å²) in [6.07, 6.45) is 0.541. The lowest BCUT2D eigenvalue weighted by molar-refractivity contribution is -0.140. The number of nitrogens with zero attached hydrogens (tertiary/aromatic N) is 1. The van der Waals surface area contributed by atoms with E-state index in [0.29, 0.717) is 42.0 Å². The molecule has 158 valence electrons. The summed E-state index contributed by atoms with van der Waals surface area (Å²) in [7, 11) is 3.11. The van der Waals surface area contributed by atoms with Crippen LogP contribution in [0.2, 0.25) is 0 Å². The summed E-state index contributed by atoms with van der Waals surface area (Å²) >= 11 is 0. The maximum absolute atomic E-state index is 12.9. The van der Waals surface area contributed by atoms with E-state index in [1.807, 2.05) is 0 Å². The fourth-order valence-electron chi connectivity index (χ4n) is 3.67. The number of aliphatic hydroxyl groups excluding tert-OH is 1. The van der Waals surface area contributed by atoms with E-state index in [1.165, 1.54) is 17.0 Å². The quantitative estimate of drug-likeness (QED) is 0.314. The highest BCUT2D eigenvalue weighted by atomic mass is 16.5. The van der Waals surface area contributed by atoms with Crippen molar-refractivity contribution in [3.63, 3.8) is 0 Å². The van der Waals surface area contributed by atoms with E-state index in [4.69, 9.17) is 9.47 Å². The van der Waals surface area contributed by atoms with Gasteiger partial charge in [-0.3, -0.25) is 9.59 Å². The van der Waals surface area contributed by atoms with Gasteiger partial charge in [0, 0.05) is 25.8 Å². The van der Waals surface area contributed by atoms with Crippen molar-refractivity contribution >= 4 is 17.4 Å². The third-order valence-corrected chi connectivity index (χ3v) is 5.18. The number of methoxy groups -OCH3 is 2. The Kier molecular flexibility index (Phi) is 6.42. The van der Waals surface area contributed by atoms with Gasteiger partial charge >= 0.3 is 0 Å². The maximum Gasteiger partial charge on any atom is 0.295 e. The minimum absolute atomic E-state index is 0.0244. The molecule has 30 heavy (non-hydrogen) atoms. The van der Waals surface area contributed by atoms with E-state index in [9.17, 15) is 19.8 Å². The van der Waals surface area contributed by atoms with E-state index < -0.39 is 17.7 Å². The van der Waals surface area contributed by atoms with E-state index in [0.717, 1.165) is 0 Å². The number of aryl methyl sites for hydroxylation is 1. The van der Waals surface area contributed by atoms with Crippen molar-refractivity contribution in [1.82, 2.24) is 4.90 Å². The number of phenolic OH excluding ortho intramolecular Hbond substituents is 1. The molecule has 1 saturated heterocycles. The van der Waals surface area contributed by atoms with Gasteiger partial charge in [0.15, 0.2) is 0 Å². The zero-order valence-electron chi connectivity index (χ0n) is 17.2. The number of ketones is 1. The molecule has 1 heterocycles. The number of benzene rings is 2. The molecule has 0 saturated carbocycles. The van der Waals surface area contributed by atoms with Crippen LogP contribution >= 0.6 is 0 Å². The number of aliphatic hydroxyl groups is 1. The fraction of sp³-hybridized carbons (Fsp3) is 0.304. The van der Waals surface area contributed by atoms with Crippen LogP contribution in [0.5, 0.6) is 11.5 Å². The van der Waals surface area contributed by atoms with Crippen LogP contribution in [0.3, 0.4) is 0 Å². The van der Waals surface area contributed by atoms with Crippen molar-refractivity contribution in [2.75, 3.05) is 27.4 Å². The van der Waals surface area contributed by atoms with Crippen LogP contribution in [-0.2, 0) is 14.3 Å². The number of amides is 1. The Morgan fingerprint density at radius 3 is 2.40 bits per heavy atom. The van der Waals surface area contributed by atoms with E-state index >= 15 is 0 Å². The van der Waals surface area contributed by atoms with Gasteiger partial charge in [-0.15, -0.1) is 0 Å². The van der Waals surface area contributed by atoms with E-state index in [-0.39, 0.29) is 17.1 Å². The minimum atomic E-state index is -0.760. The van der Waals surface area contributed by atoms with Crippen LogP contribution in [0.4, 0.5) is 0 Å². The number of carbonyl (C=O) groups is 2. The molecule has 0 spiro atoms. The Bertz CT molecular complexity index is 980. The average Bonchev–Trinajstić information content (AvgIpc) is 2.99. The number of hydrogen-bond donors (Lipinski definition) is 2. The third kappa shape index (κ3) is 4.02. The standard InChI is InChI=1S/C23H25NO6/c1-14-13-17(30-3)9-10-18(14)21(26)19-20(15-5-7-16(25)8-6-15)24(11-4-12-29-2)23(28)22(19)27/h5-10,13,20,25-26H,4,11-12H2,1-3H3/b21-19+. The van der Waals surface area contributed by atoms with Gasteiger partial charge in [-0.2, -0.15) is 0 Å². The first kappa shape index (κ1) is 21.4. The number of hydrogen-bond acceptors (Lipinski definition) is 6. The van der Waals surface area contributed by atoms with Crippen molar-refractivity contribution < 1.29 is 29.3 Å². The molecule has 1 aliphatic heterocycles. The maximum atomic E-state index is 12.9. The van der Waals surface area contributed by atoms with Crippen molar-refractivity contribution in [3.8, 4) is 11.5 Å². The van der Waals surface area contributed by atoms with Gasteiger partial charge in [0.05, 0.1) is 18.7 Å². The van der Waals surface area contributed by atoms with Crippen molar-refractivity contribution in [1.29, 1.82) is 0 Å². The summed E-state index contributed by atoms with van der Waals surface area (Å²) in [5.74, 6) is -0.948. The van der Waals surface area contributed by atoms with Crippen LogP contribution in [0.15, 0.2) is 48.0 Å². The summed E-state index contributed by atoms with van der Waals surface area (Å²) in [5, 5.41) is 20.7. The monoisotopic (exact) mass is 411 g/mol. The molecule has 1 unspecified atom stereocenters. The highest BCUT2D eigenvalue weighted by Gasteiger charge is 2.45. The lowest BCUT2D eigenvalue weighted by Gasteiger charge is -2.25. The predicted octanol–water partition coefficient (Wildman–Crippen LogP) is 3.17. The summed E-state index contributed by atoms with van der Waals surface area (Å²) in [5.41, 5.74) is 1.81. The van der Waals surface area contributed by atoms with Crippen LogP contribution in [0.25, 0.3) is 5.76 Å². The molecule has 3 rings (SSSR count). The summed E-state index contributed by atoms with van der Waals surface area (Å²) < 4.78 is 10.3. The van der Waals surface area contributed by atoms with Crippen molar-refractivity contribution in [3.05, 3.63) is 64.7 Å². The molecule has 7 nitrogen and oxygen atoms in total. The highest BCUT2D eigenvalue weighted by molar-refractivity contribution is 6.46. The van der Waals surface area contributed by atoms with E-state index in [2.05, 4.69) is 0 Å². The Morgan fingerprint density at radius 2 is 1.80 bits per heavy atom. The number of rotatable bonds is 7. The Hall–Kier alpha value is -3.32. The van der Waals surface area contributed by atoms with Gasteiger partial charge in [-0.25, -0.2) is 0 Å². The Morgan fingerprint density at radius 1 is 1.10 bits per heavy atom. The molecule has 1 aliphatic rings. The zero-order valence-corrected chi connectivity index (χ0v) is 17.2. The average molecular weight is 411 g/mol. The summed E-state index contributed by atoms with van der Waals surface area (Å²) in [6.45, 7) is 2.52. The predicted molar refractivity (Wildman–Crippen MR) is 111 cm³/mol. The van der Waals surface area contributed by atoms with Crippen LogP contribution in [0, 0.1) is 6.92 Å². The fourth-order valence-corrected chi connectivity index (χ4v) is 3.67. The number of Topliss-reactive ketones (excluding diaryl/α,β-unsaturated/α-hetero) is 1. The SMILES string of the molecule is COCCCN1C(=O)C(=O)/C(=C(/O)c2ccc(OC)cc2C)C1c1ccc(O)cc1. The molecule has 2 aromatic carbocycles. The second-order valence-electron chi connectivity index (χ2n) is 7.11. The smallest absolute Gasteiger partial charge is 0.295 e. The third-order valence-electron chi connectivity index (χ3n) is 5.18. The van der Waals surface area contributed by atoms with Crippen LogP contribution in [0.1, 0.15) is 29.2 Å². The molecule has 2 aromatic rings. The number of carbonyl (C=O) groups excluding carboxylic acids is 2. The molecule has 1 atom stereocenters. The molecule has 2 N–H and O–H groups in total. The molecule has 0 bridgehead atoms. The largest absolute Gasteiger partial charge is 0.508 e. The second-order valence-corrected chi connectivity index (χ2v) is 7.11. The molecule has 1 fully saturated rings.